The molecule has 0 spiro atoms. The number of hydrogen-bond acceptors (Lipinski definition) is 3. The van der Waals surface area contributed by atoms with Gasteiger partial charge in [-0.25, -0.2) is 0 Å². The monoisotopic (exact) mass is 270 g/mol. The van der Waals surface area contributed by atoms with E-state index >= 15 is 0 Å². The van der Waals surface area contributed by atoms with Crippen LogP contribution in [-0.2, 0) is 0 Å². The van der Waals surface area contributed by atoms with Crippen molar-refractivity contribution in [3.05, 3.63) is 0 Å². The minimum atomic E-state index is -0.125. The lowest BCUT2D eigenvalue weighted by molar-refractivity contribution is 0.0625. The van der Waals surface area contributed by atoms with Gasteiger partial charge in [0.25, 0.3) is 0 Å². The number of aliphatic hydroxyl groups excluding tert-OH is 1. The van der Waals surface area contributed by atoms with Crippen molar-refractivity contribution in [2.75, 3.05) is 26.2 Å². The molecule has 1 saturated heterocycles. The molecule has 1 heterocycles. The molecule has 0 bridgehead atoms. The summed E-state index contributed by atoms with van der Waals surface area (Å²) < 4.78 is 0. The predicted octanol–water partition coefficient (Wildman–Crippen LogP) is 2.49. The Labute approximate surface area is 119 Å². The van der Waals surface area contributed by atoms with E-state index in [-0.39, 0.29) is 12.1 Å². The van der Waals surface area contributed by atoms with Crippen LogP contribution in [0.25, 0.3) is 0 Å². The van der Waals surface area contributed by atoms with Gasteiger partial charge < -0.3 is 15.3 Å². The van der Waals surface area contributed by atoms with Crippen LogP contribution >= 0.6 is 0 Å². The maximum atomic E-state index is 9.63. The third-order valence-corrected chi connectivity index (χ3v) is 4.82. The van der Waals surface area contributed by atoms with E-state index in [1.54, 1.807) is 0 Å². The molecule has 0 radical (unpaired) electrons. The lowest BCUT2D eigenvalue weighted by Crippen LogP contribution is -2.51. The number of rotatable bonds is 7. The summed E-state index contributed by atoms with van der Waals surface area (Å²) in [7, 11) is 0. The summed E-state index contributed by atoms with van der Waals surface area (Å²) in [5.41, 5.74) is -0.125. The summed E-state index contributed by atoms with van der Waals surface area (Å²) in [5, 5.41) is 13.1. The van der Waals surface area contributed by atoms with Gasteiger partial charge in [-0.1, -0.05) is 20.8 Å². The smallest absolute Gasteiger partial charge is 0.0611 e. The Balaban J connectivity index is 2.48. The Morgan fingerprint density at radius 3 is 2.58 bits per heavy atom. The maximum absolute atomic E-state index is 9.63. The third-order valence-electron chi connectivity index (χ3n) is 4.82. The minimum Gasteiger partial charge on any atom is -0.394 e. The summed E-state index contributed by atoms with van der Waals surface area (Å²) in [6, 6.07) is 0.672. The van der Waals surface area contributed by atoms with Crippen molar-refractivity contribution in [1.82, 2.24) is 10.2 Å². The van der Waals surface area contributed by atoms with E-state index in [2.05, 4.69) is 44.8 Å². The van der Waals surface area contributed by atoms with E-state index in [9.17, 15) is 5.11 Å². The van der Waals surface area contributed by atoms with Crippen molar-refractivity contribution in [1.29, 1.82) is 0 Å². The van der Waals surface area contributed by atoms with E-state index < -0.39 is 0 Å². The molecule has 4 atom stereocenters. The van der Waals surface area contributed by atoms with Gasteiger partial charge in [-0.15, -0.1) is 0 Å². The highest BCUT2D eigenvalue weighted by atomic mass is 16.3. The van der Waals surface area contributed by atoms with Crippen molar-refractivity contribution in [3.8, 4) is 0 Å². The van der Waals surface area contributed by atoms with E-state index in [4.69, 9.17) is 0 Å². The molecular weight excluding hydrogens is 236 g/mol. The van der Waals surface area contributed by atoms with E-state index in [0.29, 0.717) is 6.04 Å². The largest absolute Gasteiger partial charge is 0.394 e. The molecule has 1 aliphatic heterocycles. The quantitative estimate of drug-likeness (QED) is 0.746. The molecule has 0 aromatic rings. The van der Waals surface area contributed by atoms with Crippen molar-refractivity contribution in [3.63, 3.8) is 0 Å². The molecule has 1 aliphatic rings. The highest BCUT2D eigenvalue weighted by molar-refractivity contribution is 4.87. The Hall–Kier alpha value is -0.120. The second kappa shape index (κ2) is 7.61. The molecule has 0 saturated carbocycles. The van der Waals surface area contributed by atoms with Crippen LogP contribution in [0.4, 0.5) is 0 Å². The van der Waals surface area contributed by atoms with E-state index in [1.165, 1.54) is 13.0 Å². The van der Waals surface area contributed by atoms with E-state index in [1.807, 2.05) is 0 Å². The van der Waals surface area contributed by atoms with Crippen molar-refractivity contribution in [2.45, 2.75) is 65.5 Å². The molecular formula is C16H34N2O. The number of piperidine rings is 1. The molecule has 4 unspecified atom stereocenters. The molecule has 2 N–H and O–H groups in total. The predicted molar refractivity (Wildman–Crippen MR) is 82.4 cm³/mol. The van der Waals surface area contributed by atoms with Gasteiger partial charge in [-0.05, 0) is 51.5 Å². The zero-order valence-electron chi connectivity index (χ0n) is 13.6. The summed E-state index contributed by atoms with van der Waals surface area (Å²) in [4.78, 5) is 2.61. The number of nitrogens with zero attached hydrogens (tertiary/aromatic N) is 1. The topological polar surface area (TPSA) is 35.5 Å². The number of likely N-dealkylation sites (tertiary alicyclic amines) is 1. The van der Waals surface area contributed by atoms with Crippen LogP contribution < -0.4 is 5.32 Å². The molecule has 0 aliphatic carbocycles. The third kappa shape index (κ3) is 5.05. The Morgan fingerprint density at radius 1 is 1.32 bits per heavy atom. The first kappa shape index (κ1) is 16.9. The fourth-order valence-corrected chi connectivity index (χ4v) is 3.17. The van der Waals surface area contributed by atoms with Crippen LogP contribution in [0.1, 0.15) is 53.9 Å². The van der Waals surface area contributed by atoms with Gasteiger partial charge in [-0.2, -0.15) is 0 Å². The minimum absolute atomic E-state index is 0.125. The molecule has 0 aromatic carbocycles. The van der Waals surface area contributed by atoms with Gasteiger partial charge in [0.15, 0.2) is 0 Å². The summed E-state index contributed by atoms with van der Waals surface area (Å²) in [5.74, 6) is 1.59. The maximum Gasteiger partial charge on any atom is 0.0611 e. The van der Waals surface area contributed by atoms with Crippen LogP contribution in [0.15, 0.2) is 0 Å². The van der Waals surface area contributed by atoms with Crippen molar-refractivity contribution in [2.24, 2.45) is 11.8 Å². The first-order valence-electron chi connectivity index (χ1n) is 8.01. The average molecular weight is 270 g/mol. The van der Waals surface area contributed by atoms with Crippen LogP contribution in [-0.4, -0.2) is 47.8 Å². The first-order chi connectivity index (χ1) is 8.91. The van der Waals surface area contributed by atoms with Crippen LogP contribution in [0.2, 0.25) is 0 Å². The molecule has 114 valence electrons. The second-order valence-corrected chi connectivity index (χ2v) is 6.95. The zero-order valence-corrected chi connectivity index (χ0v) is 13.6. The van der Waals surface area contributed by atoms with Crippen molar-refractivity contribution >= 4 is 0 Å². The molecule has 3 nitrogen and oxygen atoms in total. The lowest BCUT2D eigenvalue weighted by Gasteiger charge is -2.42. The molecule has 1 fully saturated rings. The van der Waals surface area contributed by atoms with Gasteiger partial charge in [0.05, 0.1) is 6.61 Å². The normalized spacial score (nSPS) is 32.2. The van der Waals surface area contributed by atoms with Gasteiger partial charge in [0.1, 0.15) is 0 Å². The van der Waals surface area contributed by atoms with Gasteiger partial charge in [0, 0.05) is 24.7 Å². The molecule has 0 aromatic heterocycles. The SMILES string of the molecule is CCCNC(C)(CO)CCN1CC(C)CC(C)C1C. The number of hydrogen-bond donors (Lipinski definition) is 2. The van der Waals surface area contributed by atoms with Crippen LogP contribution in [0, 0.1) is 11.8 Å². The first-order valence-corrected chi connectivity index (χ1v) is 8.01. The Bertz CT molecular complexity index is 259. The van der Waals surface area contributed by atoms with Crippen LogP contribution in [0.3, 0.4) is 0 Å². The standard InChI is InChI=1S/C16H34N2O/c1-6-8-17-16(5,12-19)7-9-18-11-13(2)10-14(3)15(18)4/h13-15,17,19H,6-12H2,1-5H3. The highest BCUT2D eigenvalue weighted by Crippen LogP contribution is 2.27. The molecule has 1 rings (SSSR count). The molecule has 19 heavy (non-hydrogen) atoms. The molecule has 3 heteroatoms. The highest BCUT2D eigenvalue weighted by Gasteiger charge is 2.30. The van der Waals surface area contributed by atoms with Gasteiger partial charge in [0.2, 0.25) is 0 Å². The second-order valence-electron chi connectivity index (χ2n) is 6.95. The Kier molecular flexibility index (Phi) is 6.78. The summed E-state index contributed by atoms with van der Waals surface area (Å²) >= 11 is 0. The molecule has 0 amide bonds. The van der Waals surface area contributed by atoms with E-state index in [0.717, 1.165) is 37.8 Å². The Morgan fingerprint density at radius 2 is 2.00 bits per heavy atom. The zero-order chi connectivity index (χ0) is 14.5. The van der Waals surface area contributed by atoms with Gasteiger partial charge >= 0.3 is 0 Å². The average Bonchev–Trinajstić information content (AvgIpc) is 2.39. The van der Waals surface area contributed by atoms with Gasteiger partial charge in [-0.3, -0.25) is 0 Å². The lowest BCUT2D eigenvalue weighted by atomic mass is 9.85. The fourth-order valence-electron chi connectivity index (χ4n) is 3.17. The van der Waals surface area contributed by atoms with Crippen LogP contribution in [0.5, 0.6) is 0 Å². The summed E-state index contributed by atoms with van der Waals surface area (Å²) in [6.07, 6.45) is 3.49. The van der Waals surface area contributed by atoms with Crippen molar-refractivity contribution < 1.29 is 5.11 Å². The fraction of sp³-hybridized carbons (Fsp3) is 1.00. The number of aliphatic hydroxyl groups is 1. The summed E-state index contributed by atoms with van der Waals surface area (Å²) in [6.45, 7) is 14.9. The number of nitrogens with one attached hydrogen (secondary N) is 1.